The fraction of sp³-hybridized carbons (Fsp3) is 0.622. The van der Waals surface area contributed by atoms with Crippen molar-refractivity contribution in [1.29, 1.82) is 5.26 Å². The molecule has 1 N–H and O–H groups in total. The van der Waals surface area contributed by atoms with Gasteiger partial charge in [-0.3, -0.25) is 4.90 Å². The second-order valence-electron chi connectivity index (χ2n) is 12.1. The number of aliphatic carboxylic acids is 1. The molecule has 2 aromatic carbocycles. The fourth-order valence-electron chi connectivity index (χ4n) is 5.95. The minimum atomic E-state index is -1.00. The SMILES string of the molecule is CCCCCCCCCCCCC(C#N)(CCCN(C)C(C)c1cccc(OCC(=O)O)c1)c1cc(OC)c(OC)c(OC)c1. The van der Waals surface area contributed by atoms with Crippen molar-refractivity contribution in [3.63, 3.8) is 0 Å². The molecule has 8 heteroatoms. The van der Waals surface area contributed by atoms with Crippen LogP contribution in [0.3, 0.4) is 0 Å². The second-order valence-corrected chi connectivity index (χ2v) is 12.1. The molecular formula is C37H56N2O6. The quantitative estimate of drug-likeness (QED) is 0.116. The topological polar surface area (TPSA) is 101 Å². The molecule has 8 nitrogen and oxygen atoms in total. The lowest BCUT2D eigenvalue weighted by atomic mass is 9.73. The molecule has 0 aliphatic rings. The number of hydrogen-bond donors (Lipinski definition) is 1. The Morgan fingerprint density at radius 1 is 0.889 bits per heavy atom. The maximum absolute atomic E-state index is 10.9. The van der Waals surface area contributed by atoms with E-state index in [2.05, 4.69) is 31.9 Å². The van der Waals surface area contributed by atoms with Gasteiger partial charge in [0.05, 0.1) is 32.8 Å². The normalized spacial score (nSPS) is 13.1. The van der Waals surface area contributed by atoms with Gasteiger partial charge in [0.15, 0.2) is 18.1 Å². The van der Waals surface area contributed by atoms with Gasteiger partial charge >= 0.3 is 5.97 Å². The van der Waals surface area contributed by atoms with Gasteiger partial charge in [0, 0.05) is 6.04 Å². The summed E-state index contributed by atoms with van der Waals surface area (Å²) in [5.74, 6) is 1.18. The number of carbonyl (C=O) groups is 1. The van der Waals surface area contributed by atoms with Crippen molar-refractivity contribution in [3.8, 4) is 29.1 Å². The molecule has 0 aromatic heterocycles. The van der Waals surface area contributed by atoms with Gasteiger partial charge in [-0.05, 0) is 75.2 Å². The summed E-state index contributed by atoms with van der Waals surface area (Å²) in [6.45, 7) is 4.79. The maximum Gasteiger partial charge on any atom is 0.341 e. The molecule has 45 heavy (non-hydrogen) atoms. The van der Waals surface area contributed by atoms with Crippen molar-refractivity contribution in [2.24, 2.45) is 0 Å². The van der Waals surface area contributed by atoms with Crippen LogP contribution in [0.2, 0.25) is 0 Å². The molecular weight excluding hydrogens is 568 g/mol. The largest absolute Gasteiger partial charge is 0.493 e. The number of hydrogen-bond acceptors (Lipinski definition) is 7. The average Bonchev–Trinajstić information content (AvgIpc) is 3.06. The summed E-state index contributed by atoms with van der Waals surface area (Å²) < 4.78 is 22.3. The van der Waals surface area contributed by atoms with Crippen molar-refractivity contribution in [2.75, 3.05) is 41.5 Å². The molecule has 0 aliphatic heterocycles. The van der Waals surface area contributed by atoms with E-state index in [9.17, 15) is 10.1 Å². The zero-order chi connectivity index (χ0) is 33.1. The van der Waals surface area contributed by atoms with Crippen LogP contribution in [-0.2, 0) is 10.2 Å². The lowest BCUT2D eigenvalue weighted by molar-refractivity contribution is -0.139. The average molecular weight is 625 g/mol. The van der Waals surface area contributed by atoms with Gasteiger partial charge in [0.25, 0.3) is 0 Å². The van der Waals surface area contributed by atoms with E-state index >= 15 is 0 Å². The van der Waals surface area contributed by atoms with Crippen LogP contribution in [0.25, 0.3) is 0 Å². The predicted molar refractivity (Wildman–Crippen MR) is 180 cm³/mol. The standard InChI is InChI=1S/C37H56N2O6/c1-7-8-9-10-11-12-13-14-15-16-21-37(28-38,31-25-33(42-4)36(44-6)34(26-31)43-5)22-18-23-39(3)29(2)30-19-17-20-32(24-30)45-27-35(40)41/h17,19-20,24-26,29H,7-16,18,21-23,27H2,1-6H3,(H,40,41). The van der Waals surface area contributed by atoms with Gasteiger partial charge in [-0.2, -0.15) is 5.26 Å². The Bertz CT molecular complexity index is 1170. The minimum absolute atomic E-state index is 0.0815. The van der Waals surface area contributed by atoms with Crippen LogP contribution in [0.4, 0.5) is 0 Å². The Kier molecular flexibility index (Phi) is 17.2. The molecule has 2 rings (SSSR count). The maximum atomic E-state index is 10.9. The molecule has 0 spiro atoms. The highest BCUT2D eigenvalue weighted by atomic mass is 16.5. The van der Waals surface area contributed by atoms with Crippen LogP contribution in [0, 0.1) is 11.3 Å². The number of carboxylic acids is 1. The van der Waals surface area contributed by atoms with Crippen molar-refractivity contribution >= 4 is 5.97 Å². The highest BCUT2D eigenvalue weighted by Gasteiger charge is 2.34. The van der Waals surface area contributed by atoms with E-state index in [0.29, 0.717) is 29.4 Å². The lowest BCUT2D eigenvalue weighted by Crippen LogP contribution is -2.28. The summed E-state index contributed by atoms with van der Waals surface area (Å²) in [6.07, 6.45) is 14.7. The van der Waals surface area contributed by atoms with E-state index in [-0.39, 0.29) is 12.6 Å². The van der Waals surface area contributed by atoms with Crippen molar-refractivity contribution in [3.05, 3.63) is 47.5 Å². The predicted octanol–water partition coefficient (Wildman–Crippen LogP) is 8.72. The molecule has 2 unspecified atom stereocenters. The molecule has 0 aliphatic carbocycles. The third-order valence-corrected chi connectivity index (χ3v) is 8.87. The van der Waals surface area contributed by atoms with Crippen molar-refractivity contribution in [1.82, 2.24) is 4.90 Å². The van der Waals surface area contributed by atoms with Crippen LogP contribution in [0.15, 0.2) is 36.4 Å². The summed E-state index contributed by atoms with van der Waals surface area (Å²) in [5.41, 5.74) is 1.25. The van der Waals surface area contributed by atoms with Gasteiger partial charge < -0.3 is 24.1 Å². The van der Waals surface area contributed by atoms with Gasteiger partial charge in [-0.1, -0.05) is 83.3 Å². The Labute approximate surface area is 271 Å². The summed E-state index contributed by atoms with van der Waals surface area (Å²) in [7, 11) is 6.88. The third kappa shape index (κ3) is 12.1. The first kappa shape index (κ1) is 37.7. The zero-order valence-electron chi connectivity index (χ0n) is 28.5. The Morgan fingerprint density at radius 3 is 2.00 bits per heavy atom. The van der Waals surface area contributed by atoms with Gasteiger partial charge in [0.1, 0.15) is 5.75 Å². The first-order valence-corrected chi connectivity index (χ1v) is 16.6. The first-order valence-electron chi connectivity index (χ1n) is 16.6. The monoisotopic (exact) mass is 624 g/mol. The van der Waals surface area contributed by atoms with E-state index in [4.69, 9.17) is 24.1 Å². The van der Waals surface area contributed by atoms with Crippen LogP contribution < -0.4 is 18.9 Å². The van der Waals surface area contributed by atoms with Gasteiger partial charge in [0.2, 0.25) is 5.75 Å². The fourth-order valence-corrected chi connectivity index (χ4v) is 5.95. The number of methoxy groups -OCH3 is 3. The van der Waals surface area contributed by atoms with Crippen LogP contribution in [-0.4, -0.2) is 57.5 Å². The Morgan fingerprint density at radius 2 is 1.47 bits per heavy atom. The number of carboxylic acid groups (broad SMARTS) is 1. The van der Waals surface area contributed by atoms with Gasteiger partial charge in [-0.15, -0.1) is 0 Å². The molecule has 0 bridgehead atoms. The number of nitriles is 1. The van der Waals surface area contributed by atoms with Crippen LogP contribution in [0.5, 0.6) is 23.0 Å². The second kappa shape index (κ2) is 20.6. The summed E-state index contributed by atoms with van der Waals surface area (Å²) in [5, 5.41) is 19.7. The molecule has 0 saturated heterocycles. The van der Waals surface area contributed by atoms with E-state index < -0.39 is 11.4 Å². The van der Waals surface area contributed by atoms with Crippen molar-refractivity contribution < 1.29 is 28.8 Å². The van der Waals surface area contributed by atoms with Crippen LogP contribution >= 0.6 is 0 Å². The summed E-state index contributed by atoms with van der Waals surface area (Å²) in [6, 6.07) is 14.3. The van der Waals surface area contributed by atoms with E-state index in [1.165, 1.54) is 51.4 Å². The molecule has 0 radical (unpaired) electrons. The number of nitrogens with zero attached hydrogens (tertiary/aromatic N) is 2. The first-order chi connectivity index (χ1) is 21.7. The van der Waals surface area contributed by atoms with Crippen LogP contribution in [0.1, 0.15) is 114 Å². The summed E-state index contributed by atoms with van der Waals surface area (Å²) in [4.78, 5) is 13.2. The molecule has 0 heterocycles. The number of benzene rings is 2. The number of unbranched alkanes of at least 4 members (excludes halogenated alkanes) is 9. The molecule has 0 saturated carbocycles. The zero-order valence-corrected chi connectivity index (χ0v) is 28.5. The third-order valence-electron chi connectivity index (χ3n) is 8.87. The van der Waals surface area contributed by atoms with Gasteiger partial charge in [-0.25, -0.2) is 4.79 Å². The molecule has 0 fully saturated rings. The number of rotatable bonds is 24. The molecule has 2 aromatic rings. The Hall–Kier alpha value is -3.44. The lowest BCUT2D eigenvalue weighted by Gasteiger charge is -2.31. The van der Waals surface area contributed by atoms with Crippen molar-refractivity contribution in [2.45, 2.75) is 109 Å². The highest BCUT2D eigenvalue weighted by molar-refractivity contribution is 5.68. The Balaban J connectivity index is 2.14. The molecule has 0 amide bonds. The minimum Gasteiger partial charge on any atom is -0.493 e. The highest BCUT2D eigenvalue weighted by Crippen LogP contribution is 2.44. The van der Waals surface area contributed by atoms with E-state index in [0.717, 1.165) is 43.4 Å². The smallest absolute Gasteiger partial charge is 0.341 e. The van der Waals surface area contributed by atoms with E-state index in [1.807, 2.05) is 30.3 Å². The summed E-state index contributed by atoms with van der Waals surface area (Å²) >= 11 is 0. The number of ether oxygens (including phenoxy) is 4. The molecule has 2 atom stereocenters. The van der Waals surface area contributed by atoms with E-state index in [1.54, 1.807) is 27.4 Å². The molecule has 250 valence electrons.